The van der Waals surface area contributed by atoms with Gasteiger partial charge in [0.25, 0.3) is 11.6 Å². The summed E-state index contributed by atoms with van der Waals surface area (Å²) in [6, 6.07) is 11.2. The van der Waals surface area contributed by atoms with Gasteiger partial charge in [0.05, 0.1) is 15.9 Å². The number of halogens is 1. The summed E-state index contributed by atoms with van der Waals surface area (Å²) in [4.78, 5) is 23.9. The number of nitro benzene ring substituents is 1. The zero-order valence-corrected chi connectivity index (χ0v) is 16.6. The summed E-state index contributed by atoms with van der Waals surface area (Å²) in [6.07, 6.45) is 1.51. The number of benzene rings is 2. The first kappa shape index (κ1) is 19.8. The van der Waals surface area contributed by atoms with Gasteiger partial charge in [0.2, 0.25) is 0 Å². The van der Waals surface area contributed by atoms with Crippen molar-refractivity contribution < 1.29 is 9.72 Å². The lowest BCUT2D eigenvalue weighted by molar-refractivity contribution is -0.387. The van der Waals surface area contributed by atoms with Crippen LogP contribution in [0.15, 0.2) is 58.8 Å². The van der Waals surface area contributed by atoms with Crippen LogP contribution in [-0.4, -0.2) is 25.6 Å². The first-order valence-electron chi connectivity index (χ1n) is 8.22. The monoisotopic (exact) mass is 417 g/mol. The molecule has 1 heterocycles. The van der Waals surface area contributed by atoms with Gasteiger partial charge in [0, 0.05) is 23.7 Å². The molecular formula is C18H16ClN5O3S. The van der Waals surface area contributed by atoms with Crippen molar-refractivity contribution in [2.75, 3.05) is 0 Å². The van der Waals surface area contributed by atoms with Crippen LogP contribution in [0.4, 0.5) is 5.69 Å². The molecule has 0 bridgehead atoms. The molecule has 1 unspecified atom stereocenters. The molecule has 2 aromatic carbocycles. The van der Waals surface area contributed by atoms with E-state index in [1.165, 1.54) is 18.5 Å². The van der Waals surface area contributed by atoms with E-state index in [0.717, 1.165) is 17.3 Å². The second kappa shape index (κ2) is 8.41. The summed E-state index contributed by atoms with van der Waals surface area (Å²) in [7, 11) is 1.74. The lowest BCUT2D eigenvalue weighted by atomic mass is 10.1. The van der Waals surface area contributed by atoms with E-state index >= 15 is 0 Å². The molecule has 1 N–H and O–H groups in total. The first-order chi connectivity index (χ1) is 13.4. The number of hydrogen-bond acceptors (Lipinski definition) is 6. The predicted octanol–water partition coefficient (Wildman–Crippen LogP) is 4.02. The Morgan fingerprint density at radius 3 is 2.71 bits per heavy atom. The van der Waals surface area contributed by atoms with E-state index in [9.17, 15) is 14.9 Å². The quantitative estimate of drug-likeness (QED) is 0.480. The fraction of sp³-hybridized carbons (Fsp3) is 0.167. The molecule has 3 rings (SSSR count). The second-order valence-corrected chi connectivity index (χ2v) is 7.40. The Labute approximate surface area is 170 Å². The van der Waals surface area contributed by atoms with Crippen molar-refractivity contribution in [2.45, 2.75) is 23.0 Å². The molecule has 144 valence electrons. The number of carbonyl (C=O) groups excluding carboxylic acids is 1. The van der Waals surface area contributed by atoms with Crippen LogP contribution < -0.4 is 5.32 Å². The Morgan fingerprint density at radius 1 is 1.32 bits per heavy atom. The lowest BCUT2D eigenvalue weighted by Gasteiger charge is -2.16. The van der Waals surface area contributed by atoms with Crippen molar-refractivity contribution in [1.82, 2.24) is 20.1 Å². The smallest absolute Gasteiger partial charge is 0.284 e. The molecule has 28 heavy (non-hydrogen) atoms. The van der Waals surface area contributed by atoms with Gasteiger partial charge in [-0.25, -0.2) is 0 Å². The van der Waals surface area contributed by atoms with Crippen LogP contribution in [0.2, 0.25) is 5.02 Å². The predicted molar refractivity (Wildman–Crippen MR) is 106 cm³/mol. The van der Waals surface area contributed by atoms with Gasteiger partial charge in [-0.3, -0.25) is 14.9 Å². The van der Waals surface area contributed by atoms with Gasteiger partial charge in [-0.2, -0.15) is 0 Å². The molecule has 1 aromatic heterocycles. The third-order valence-electron chi connectivity index (χ3n) is 4.01. The van der Waals surface area contributed by atoms with Gasteiger partial charge in [-0.15, -0.1) is 10.2 Å². The van der Waals surface area contributed by atoms with Crippen molar-refractivity contribution in [1.29, 1.82) is 0 Å². The zero-order valence-electron chi connectivity index (χ0n) is 15.0. The van der Waals surface area contributed by atoms with Crippen molar-refractivity contribution in [3.8, 4) is 0 Å². The Hall–Kier alpha value is -2.91. The average molecular weight is 418 g/mol. The number of aryl methyl sites for hydroxylation is 1. The summed E-state index contributed by atoms with van der Waals surface area (Å²) < 4.78 is 1.65. The molecule has 0 spiro atoms. The molecule has 10 heteroatoms. The van der Waals surface area contributed by atoms with E-state index in [0.29, 0.717) is 15.1 Å². The summed E-state index contributed by atoms with van der Waals surface area (Å²) in [5.41, 5.74) is 0.778. The number of rotatable bonds is 6. The first-order valence-corrected chi connectivity index (χ1v) is 9.42. The number of amides is 1. The minimum Gasteiger partial charge on any atom is -0.345 e. The van der Waals surface area contributed by atoms with Crippen molar-refractivity contribution in [2.24, 2.45) is 7.05 Å². The van der Waals surface area contributed by atoms with E-state index in [2.05, 4.69) is 15.5 Å². The maximum absolute atomic E-state index is 12.6. The number of aromatic nitrogens is 3. The molecule has 0 aliphatic rings. The normalized spacial score (nSPS) is 11.8. The molecule has 3 aromatic rings. The maximum atomic E-state index is 12.6. The van der Waals surface area contributed by atoms with E-state index in [4.69, 9.17) is 11.6 Å². The fourth-order valence-corrected chi connectivity index (χ4v) is 3.68. The van der Waals surface area contributed by atoms with Gasteiger partial charge in [0.15, 0.2) is 5.16 Å². The molecule has 0 radical (unpaired) electrons. The van der Waals surface area contributed by atoms with E-state index < -0.39 is 10.8 Å². The molecule has 1 atom stereocenters. The second-order valence-electron chi connectivity index (χ2n) is 5.98. The number of nitrogens with zero attached hydrogens (tertiary/aromatic N) is 4. The standard InChI is InChI=1S/C18H16ClN5O3S/c1-11(13-5-3-4-6-14(13)19)21-17(25)12-7-8-16(15(9-12)24(26)27)28-18-22-20-10-23(18)2/h3-11H,1-2H3,(H,21,25). The highest BCUT2D eigenvalue weighted by Crippen LogP contribution is 2.34. The molecular weight excluding hydrogens is 402 g/mol. The Balaban J connectivity index is 1.83. The largest absolute Gasteiger partial charge is 0.345 e. The lowest BCUT2D eigenvalue weighted by Crippen LogP contribution is -2.26. The molecule has 0 fully saturated rings. The van der Waals surface area contributed by atoms with Crippen LogP contribution in [0.1, 0.15) is 28.9 Å². The van der Waals surface area contributed by atoms with Gasteiger partial charge in [-0.05, 0) is 42.4 Å². The minimum atomic E-state index is -0.521. The Bertz CT molecular complexity index is 1040. The molecule has 0 saturated heterocycles. The molecule has 0 saturated carbocycles. The molecule has 0 aliphatic carbocycles. The zero-order chi connectivity index (χ0) is 20.3. The maximum Gasteiger partial charge on any atom is 0.284 e. The van der Waals surface area contributed by atoms with E-state index in [-0.39, 0.29) is 17.3 Å². The Morgan fingerprint density at radius 2 is 2.07 bits per heavy atom. The van der Waals surface area contributed by atoms with Gasteiger partial charge in [-0.1, -0.05) is 29.8 Å². The molecule has 1 amide bonds. The van der Waals surface area contributed by atoms with Crippen LogP contribution >= 0.6 is 23.4 Å². The van der Waals surface area contributed by atoms with Crippen LogP contribution in [-0.2, 0) is 7.05 Å². The topological polar surface area (TPSA) is 103 Å². The SMILES string of the molecule is CC(NC(=O)c1ccc(Sc2nncn2C)c([N+](=O)[O-])c1)c1ccccc1Cl. The minimum absolute atomic E-state index is 0.175. The molecule has 8 nitrogen and oxygen atoms in total. The van der Waals surface area contributed by atoms with E-state index in [1.54, 1.807) is 36.7 Å². The Kier molecular flexibility index (Phi) is 5.96. The van der Waals surface area contributed by atoms with Gasteiger partial charge < -0.3 is 9.88 Å². The van der Waals surface area contributed by atoms with Crippen molar-refractivity contribution in [3.05, 3.63) is 75.1 Å². The average Bonchev–Trinajstić information content (AvgIpc) is 3.06. The third-order valence-corrected chi connectivity index (χ3v) is 5.47. The summed E-state index contributed by atoms with van der Waals surface area (Å²) in [6.45, 7) is 1.80. The van der Waals surface area contributed by atoms with Crippen LogP contribution in [0.5, 0.6) is 0 Å². The van der Waals surface area contributed by atoms with Crippen LogP contribution in [0.3, 0.4) is 0 Å². The van der Waals surface area contributed by atoms with Gasteiger partial charge >= 0.3 is 0 Å². The van der Waals surface area contributed by atoms with Crippen molar-refractivity contribution >= 4 is 35.0 Å². The van der Waals surface area contributed by atoms with Crippen LogP contribution in [0.25, 0.3) is 0 Å². The summed E-state index contributed by atoms with van der Waals surface area (Å²) >= 11 is 7.27. The summed E-state index contributed by atoms with van der Waals surface area (Å²) in [5, 5.41) is 23.0. The number of nitrogens with one attached hydrogen (secondary N) is 1. The number of hydrogen-bond donors (Lipinski definition) is 1. The third kappa shape index (κ3) is 4.32. The number of nitro groups is 1. The van der Waals surface area contributed by atoms with Gasteiger partial charge in [0.1, 0.15) is 6.33 Å². The fourth-order valence-electron chi connectivity index (χ4n) is 2.53. The highest BCUT2D eigenvalue weighted by molar-refractivity contribution is 7.99. The van der Waals surface area contributed by atoms with Crippen LogP contribution in [0, 0.1) is 10.1 Å². The highest BCUT2D eigenvalue weighted by Gasteiger charge is 2.21. The molecule has 0 aliphatic heterocycles. The number of carbonyl (C=O) groups is 1. The van der Waals surface area contributed by atoms with Crippen molar-refractivity contribution in [3.63, 3.8) is 0 Å². The van der Waals surface area contributed by atoms with E-state index in [1.807, 2.05) is 12.1 Å². The highest BCUT2D eigenvalue weighted by atomic mass is 35.5. The summed E-state index contributed by atoms with van der Waals surface area (Å²) in [5.74, 6) is -0.425.